The molecule has 3 aromatic rings. The number of hydrogen-bond acceptors (Lipinski definition) is 6. The number of carbonyl (C=O) groups excluding carboxylic acids is 1. The zero-order valence-electron chi connectivity index (χ0n) is 18.8. The molecular formula is C27H25BrN2O4. The molecule has 0 spiro atoms. The molecule has 5 rings (SSSR count). The Kier molecular flexibility index (Phi) is 6.39. The van der Waals surface area contributed by atoms with Gasteiger partial charge in [0.05, 0.1) is 18.2 Å². The third-order valence-corrected chi connectivity index (χ3v) is 6.93. The number of pyridine rings is 1. The van der Waals surface area contributed by atoms with Crippen LogP contribution in [-0.4, -0.2) is 34.4 Å². The molecule has 0 amide bonds. The first kappa shape index (κ1) is 22.6. The van der Waals surface area contributed by atoms with Crippen LogP contribution < -0.4 is 9.47 Å². The van der Waals surface area contributed by atoms with Crippen LogP contribution in [0.15, 0.2) is 65.1 Å². The molecular weight excluding hydrogens is 496 g/mol. The van der Waals surface area contributed by atoms with E-state index in [0.29, 0.717) is 29.2 Å². The van der Waals surface area contributed by atoms with Crippen molar-refractivity contribution in [3.63, 3.8) is 0 Å². The smallest absolute Gasteiger partial charge is 0.231 e. The fourth-order valence-electron chi connectivity index (χ4n) is 4.74. The number of phenols is 1. The van der Waals surface area contributed by atoms with E-state index < -0.39 is 0 Å². The summed E-state index contributed by atoms with van der Waals surface area (Å²) in [6.45, 7) is 1.38. The molecule has 3 heterocycles. The number of phenolic OH excluding ortho intramolecular Hbond substituents is 1. The molecule has 2 aliphatic rings. The number of piperidine rings is 1. The van der Waals surface area contributed by atoms with Crippen molar-refractivity contribution in [2.75, 3.05) is 13.7 Å². The molecule has 0 unspecified atom stereocenters. The highest BCUT2D eigenvalue weighted by Gasteiger charge is 2.33. The monoisotopic (exact) mass is 520 g/mol. The van der Waals surface area contributed by atoms with Gasteiger partial charge in [0.25, 0.3) is 0 Å². The fraction of sp³-hybridized carbons (Fsp3) is 0.259. The molecule has 1 atom stereocenters. The standard InChI is InChI=1S/C27H25BrN2O4/c1-33-24-10-7-19(28)13-18(24)14-25-26(32)20-8-9-23(31)21(27(20)34-25)16-30-12-3-2-6-22(30)17-5-4-11-29-15-17/h4-5,7-11,13-15,22,31H,2-3,6,12,16H2,1H3/b25-14-/t22-/m0/s1. The van der Waals surface area contributed by atoms with Crippen LogP contribution in [0.2, 0.25) is 0 Å². The number of ether oxygens (including phenoxy) is 2. The molecule has 0 bridgehead atoms. The van der Waals surface area contributed by atoms with Crippen molar-refractivity contribution in [3.8, 4) is 17.2 Å². The van der Waals surface area contributed by atoms with E-state index in [2.05, 4.69) is 31.9 Å². The third kappa shape index (κ3) is 4.33. The van der Waals surface area contributed by atoms with Gasteiger partial charge >= 0.3 is 0 Å². The van der Waals surface area contributed by atoms with Crippen molar-refractivity contribution in [1.82, 2.24) is 9.88 Å². The van der Waals surface area contributed by atoms with Crippen molar-refractivity contribution in [1.29, 1.82) is 0 Å². The van der Waals surface area contributed by atoms with Crippen LogP contribution in [0.1, 0.15) is 52.4 Å². The summed E-state index contributed by atoms with van der Waals surface area (Å²) in [5.41, 5.74) is 2.98. The minimum Gasteiger partial charge on any atom is -0.507 e. The highest BCUT2D eigenvalue weighted by atomic mass is 79.9. The summed E-state index contributed by atoms with van der Waals surface area (Å²) in [4.78, 5) is 19.8. The van der Waals surface area contributed by atoms with Gasteiger partial charge in [-0.15, -0.1) is 0 Å². The van der Waals surface area contributed by atoms with Crippen LogP contribution in [0.4, 0.5) is 0 Å². The average Bonchev–Trinajstić information content (AvgIpc) is 3.17. The van der Waals surface area contributed by atoms with Gasteiger partial charge in [-0.1, -0.05) is 28.4 Å². The Morgan fingerprint density at radius 1 is 1.26 bits per heavy atom. The molecule has 1 N–H and O–H groups in total. The van der Waals surface area contributed by atoms with E-state index in [-0.39, 0.29) is 23.3 Å². The number of carbonyl (C=O) groups is 1. The molecule has 7 heteroatoms. The van der Waals surface area contributed by atoms with Crippen LogP contribution in [0.5, 0.6) is 17.2 Å². The topological polar surface area (TPSA) is 71.9 Å². The van der Waals surface area contributed by atoms with E-state index >= 15 is 0 Å². The number of Topliss-reactive ketones (excluding diaryl/α,β-unsaturated/α-hetero) is 1. The summed E-state index contributed by atoms with van der Waals surface area (Å²) in [6, 6.07) is 13.0. The molecule has 2 aromatic carbocycles. The van der Waals surface area contributed by atoms with Gasteiger partial charge in [0, 0.05) is 35.0 Å². The summed E-state index contributed by atoms with van der Waals surface area (Å²) in [7, 11) is 1.59. The minimum absolute atomic E-state index is 0.128. The second kappa shape index (κ2) is 9.60. The molecule has 1 saturated heterocycles. The largest absolute Gasteiger partial charge is 0.507 e. The molecule has 1 fully saturated rings. The van der Waals surface area contributed by atoms with Crippen molar-refractivity contribution < 1.29 is 19.4 Å². The number of nitrogens with zero attached hydrogens (tertiary/aromatic N) is 2. The first-order valence-corrected chi connectivity index (χ1v) is 12.1. The van der Waals surface area contributed by atoms with Crippen LogP contribution in [-0.2, 0) is 6.54 Å². The average molecular weight is 521 g/mol. The maximum absolute atomic E-state index is 13.2. The summed E-state index contributed by atoms with van der Waals surface area (Å²) >= 11 is 3.47. The van der Waals surface area contributed by atoms with Gasteiger partial charge in [0.15, 0.2) is 5.76 Å². The number of aromatic hydroxyl groups is 1. The van der Waals surface area contributed by atoms with Crippen molar-refractivity contribution in [3.05, 3.63) is 87.3 Å². The maximum atomic E-state index is 13.2. The Balaban J connectivity index is 1.48. The number of allylic oxidation sites excluding steroid dienone is 1. The molecule has 34 heavy (non-hydrogen) atoms. The summed E-state index contributed by atoms with van der Waals surface area (Å²) in [5.74, 6) is 1.20. The summed E-state index contributed by atoms with van der Waals surface area (Å²) in [5, 5.41) is 10.8. The first-order chi connectivity index (χ1) is 16.5. The second-order valence-corrected chi connectivity index (χ2v) is 9.45. The van der Waals surface area contributed by atoms with Crippen molar-refractivity contribution in [2.24, 2.45) is 0 Å². The number of fused-ring (bicyclic) bond motifs is 1. The molecule has 0 radical (unpaired) electrons. The number of rotatable bonds is 5. The number of halogens is 1. The van der Waals surface area contributed by atoms with Crippen LogP contribution in [0.25, 0.3) is 6.08 Å². The van der Waals surface area contributed by atoms with Gasteiger partial charge in [-0.3, -0.25) is 14.7 Å². The van der Waals surface area contributed by atoms with Crippen molar-refractivity contribution in [2.45, 2.75) is 31.8 Å². The molecule has 6 nitrogen and oxygen atoms in total. The number of ketones is 1. The minimum atomic E-state index is -0.208. The quantitative estimate of drug-likeness (QED) is 0.422. The molecule has 1 aromatic heterocycles. The van der Waals surface area contributed by atoms with Gasteiger partial charge in [0.1, 0.15) is 17.2 Å². The van der Waals surface area contributed by atoms with E-state index in [1.807, 2.05) is 30.5 Å². The fourth-order valence-corrected chi connectivity index (χ4v) is 5.12. The predicted molar refractivity (Wildman–Crippen MR) is 133 cm³/mol. The molecule has 0 aliphatic carbocycles. The third-order valence-electron chi connectivity index (χ3n) is 6.44. The van der Waals surface area contributed by atoms with Crippen LogP contribution in [0, 0.1) is 0 Å². The Hall–Kier alpha value is -3.16. The number of methoxy groups -OCH3 is 1. The summed E-state index contributed by atoms with van der Waals surface area (Å²) < 4.78 is 12.4. The lowest BCUT2D eigenvalue weighted by molar-refractivity contribution is 0.101. The van der Waals surface area contributed by atoms with E-state index in [1.54, 1.807) is 31.5 Å². The molecule has 2 aliphatic heterocycles. The lowest BCUT2D eigenvalue weighted by Gasteiger charge is -2.36. The molecule has 174 valence electrons. The van der Waals surface area contributed by atoms with Gasteiger partial charge < -0.3 is 14.6 Å². The van der Waals surface area contributed by atoms with E-state index in [0.717, 1.165) is 41.4 Å². The maximum Gasteiger partial charge on any atom is 0.231 e. The Morgan fingerprint density at radius 3 is 2.94 bits per heavy atom. The van der Waals surface area contributed by atoms with Crippen LogP contribution in [0.3, 0.4) is 0 Å². The van der Waals surface area contributed by atoms with Gasteiger partial charge in [0.2, 0.25) is 5.78 Å². The van der Waals surface area contributed by atoms with Crippen molar-refractivity contribution >= 4 is 27.8 Å². The number of likely N-dealkylation sites (tertiary alicyclic amines) is 1. The van der Waals surface area contributed by atoms with Crippen LogP contribution >= 0.6 is 15.9 Å². The second-order valence-electron chi connectivity index (χ2n) is 8.53. The van der Waals surface area contributed by atoms with Gasteiger partial charge in [-0.25, -0.2) is 0 Å². The normalized spacial score (nSPS) is 19.2. The highest BCUT2D eigenvalue weighted by Crippen LogP contribution is 2.42. The first-order valence-electron chi connectivity index (χ1n) is 11.3. The SMILES string of the molecule is COc1ccc(Br)cc1/C=C1\Oc2c(ccc(O)c2CN2CCCC[C@H]2c2cccnc2)C1=O. The predicted octanol–water partition coefficient (Wildman–Crippen LogP) is 5.90. The van der Waals surface area contributed by atoms with Gasteiger partial charge in [-0.05, 0) is 67.4 Å². The highest BCUT2D eigenvalue weighted by molar-refractivity contribution is 9.10. The van der Waals surface area contributed by atoms with E-state index in [1.165, 1.54) is 0 Å². The number of benzene rings is 2. The Morgan fingerprint density at radius 2 is 2.15 bits per heavy atom. The Labute approximate surface area is 207 Å². The zero-order chi connectivity index (χ0) is 23.7. The number of aromatic nitrogens is 1. The lowest BCUT2D eigenvalue weighted by Crippen LogP contribution is -2.33. The van der Waals surface area contributed by atoms with Gasteiger partial charge in [-0.2, -0.15) is 0 Å². The number of hydrogen-bond donors (Lipinski definition) is 1. The zero-order valence-corrected chi connectivity index (χ0v) is 20.4. The Bertz CT molecular complexity index is 1260. The van der Waals surface area contributed by atoms with E-state index in [9.17, 15) is 9.90 Å². The lowest BCUT2D eigenvalue weighted by atomic mass is 9.95. The molecule has 0 saturated carbocycles. The summed E-state index contributed by atoms with van der Waals surface area (Å²) in [6.07, 6.45) is 8.62. The van der Waals surface area contributed by atoms with E-state index in [4.69, 9.17) is 9.47 Å².